The van der Waals surface area contributed by atoms with E-state index in [1.54, 1.807) is 13.8 Å². The van der Waals surface area contributed by atoms with Gasteiger partial charge >= 0.3 is 35.5 Å². The molecule has 5 heteroatoms. The van der Waals surface area contributed by atoms with Gasteiger partial charge in [0.15, 0.2) is 0 Å². The largest absolute Gasteiger partial charge is 1.00 e. The normalized spacial score (nSPS) is 23.8. The zero-order valence-electron chi connectivity index (χ0n) is 9.49. The van der Waals surface area contributed by atoms with Gasteiger partial charge in [-0.3, -0.25) is 11.2 Å². The van der Waals surface area contributed by atoms with Crippen LogP contribution in [0.5, 0.6) is 0 Å². The molecule has 0 bridgehead atoms. The third-order valence-corrected chi connectivity index (χ3v) is 2.44. The van der Waals surface area contributed by atoms with E-state index in [1.807, 2.05) is 0 Å². The van der Waals surface area contributed by atoms with Gasteiger partial charge in [-0.2, -0.15) is 0 Å². The molecule has 0 aliphatic heterocycles. The molecular weight excluding hydrogens is 207 g/mol. The summed E-state index contributed by atoms with van der Waals surface area (Å²) in [6.45, 7) is 3.44. The molecule has 15 heavy (non-hydrogen) atoms. The fraction of sp³-hybridized carbons (Fsp3) is 0.600. The van der Waals surface area contributed by atoms with E-state index in [2.05, 4.69) is 4.74 Å². The van der Waals surface area contributed by atoms with Crippen molar-refractivity contribution >= 4 is 17.5 Å². The minimum Gasteiger partial charge on any atom is -0.469 e. The van der Waals surface area contributed by atoms with Gasteiger partial charge in [-0.25, -0.2) is 0 Å². The van der Waals surface area contributed by atoms with Crippen LogP contribution in [0.15, 0.2) is 0 Å². The molecule has 1 saturated carbocycles. The summed E-state index contributed by atoms with van der Waals surface area (Å²) in [6.07, 6.45) is 1.20. The molecular formula is C10H13NaO4. The van der Waals surface area contributed by atoms with Crippen LogP contribution in [-0.4, -0.2) is 24.6 Å². The van der Waals surface area contributed by atoms with Crippen molar-refractivity contribution in [2.45, 2.75) is 20.3 Å². The molecule has 4 nitrogen and oxygen atoms in total. The Balaban J connectivity index is 0.00000196. The third-order valence-electron chi connectivity index (χ3n) is 2.44. The number of hydrogen-bond donors (Lipinski definition) is 0. The number of carbonyl (C=O) groups excluding carboxylic acids is 3. The second kappa shape index (κ2) is 5.14. The SMILES string of the molecule is COC(=O)C1C(=O)[CH-]C(=O)CC1(C)C.[Na+]. The number of hydrogen-bond acceptors (Lipinski definition) is 4. The van der Waals surface area contributed by atoms with Crippen molar-refractivity contribution in [3.8, 4) is 0 Å². The molecule has 1 aliphatic rings. The molecule has 0 saturated heterocycles. The number of methoxy groups -OCH3 is 1. The number of Topliss-reactive ketones (excluding diaryl/α,β-unsaturated/α-hetero) is 2. The maximum Gasteiger partial charge on any atom is 1.00 e. The van der Waals surface area contributed by atoms with Crippen LogP contribution in [0.4, 0.5) is 0 Å². The number of esters is 1. The fourth-order valence-electron chi connectivity index (χ4n) is 1.78. The Kier molecular flexibility index (Phi) is 5.03. The van der Waals surface area contributed by atoms with Crippen molar-refractivity contribution in [3.63, 3.8) is 0 Å². The van der Waals surface area contributed by atoms with Crippen molar-refractivity contribution in [2.75, 3.05) is 7.11 Å². The Morgan fingerprint density at radius 3 is 2.40 bits per heavy atom. The van der Waals surface area contributed by atoms with Crippen molar-refractivity contribution in [2.24, 2.45) is 11.3 Å². The van der Waals surface area contributed by atoms with Crippen molar-refractivity contribution in [3.05, 3.63) is 6.42 Å². The summed E-state index contributed by atoms with van der Waals surface area (Å²) in [5.41, 5.74) is -0.643. The monoisotopic (exact) mass is 220 g/mol. The average Bonchev–Trinajstić information content (AvgIpc) is 1.99. The molecule has 0 radical (unpaired) electrons. The van der Waals surface area contributed by atoms with Crippen molar-refractivity contribution < 1.29 is 48.7 Å². The minimum atomic E-state index is -0.842. The smallest absolute Gasteiger partial charge is 0.469 e. The summed E-state index contributed by atoms with van der Waals surface area (Å²) in [7, 11) is 1.24. The molecule has 0 amide bonds. The number of ketones is 2. The van der Waals surface area contributed by atoms with Crippen LogP contribution in [0.2, 0.25) is 0 Å². The van der Waals surface area contributed by atoms with Crippen molar-refractivity contribution in [1.29, 1.82) is 0 Å². The van der Waals surface area contributed by atoms with E-state index in [4.69, 9.17) is 0 Å². The second-order valence-electron chi connectivity index (χ2n) is 4.13. The van der Waals surface area contributed by atoms with E-state index in [0.717, 1.165) is 6.42 Å². The Morgan fingerprint density at radius 2 is 2.00 bits per heavy atom. The quantitative estimate of drug-likeness (QED) is 0.213. The Morgan fingerprint density at radius 1 is 1.47 bits per heavy atom. The van der Waals surface area contributed by atoms with Crippen molar-refractivity contribution in [1.82, 2.24) is 0 Å². The van der Waals surface area contributed by atoms with Crippen LogP contribution < -0.4 is 29.6 Å². The Bertz CT molecular complexity index is 296. The summed E-state index contributed by atoms with van der Waals surface area (Å²) < 4.78 is 4.54. The minimum absolute atomic E-state index is 0. The maximum absolute atomic E-state index is 11.4. The molecule has 0 aromatic carbocycles. The molecule has 0 spiro atoms. The molecule has 0 N–H and O–H groups in total. The molecule has 0 heterocycles. The molecule has 78 valence electrons. The molecule has 1 atom stereocenters. The summed E-state index contributed by atoms with van der Waals surface area (Å²) in [5.74, 6) is -2.08. The van der Waals surface area contributed by atoms with Gasteiger partial charge < -0.3 is 14.3 Å². The van der Waals surface area contributed by atoms with Gasteiger partial charge in [0.05, 0.1) is 13.0 Å². The van der Waals surface area contributed by atoms with E-state index < -0.39 is 23.1 Å². The maximum atomic E-state index is 11.4. The Hall–Kier alpha value is -0.320. The van der Waals surface area contributed by atoms with Gasteiger partial charge in [-0.15, -0.1) is 0 Å². The van der Waals surface area contributed by atoms with Crippen LogP contribution in [0, 0.1) is 17.8 Å². The molecule has 1 fully saturated rings. The molecule has 1 unspecified atom stereocenters. The van der Waals surface area contributed by atoms with E-state index >= 15 is 0 Å². The van der Waals surface area contributed by atoms with Gasteiger partial charge in [-0.05, 0) is 11.8 Å². The number of rotatable bonds is 1. The predicted octanol–water partition coefficient (Wildman–Crippen LogP) is -2.45. The van der Waals surface area contributed by atoms with E-state index in [0.29, 0.717) is 0 Å². The van der Waals surface area contributed by atoms with Gasteiger partial charge in [-0.1, -0.05) is 13.8 Å². The van der Waals surface area contributed by atoms with Crippen LogP contribution in [0.25, 0.3) is 0 Å². The molecule has 0 aromatic heterocycles. The summed E-state index contributed by atoms with van der Waals surface area (Å²) in [5, 5.41) is 0. The summed E-state index contributed by atoms with van der Waals surface area (Å²) in [6, 6.07) is 0. The molecule has 1 rings (SSSR count). The van der Waals surface area contributed by atoms with Crippen LogP contribution in [-0.2, 0) is 19.1 Å². The zero-order chi connectivity index (χ0) is 10.9. The van der Waals surface area contributed by atoms with Crippen LogP contribution in [0.3, 0.4) is 0 Å². The average molecular weight is 220 g/mol. The first-order valence-corrected chi connectivity index (χ1v) is 4.38. The van der Waals surface area contributed by atoms with Gasteiger partial charge in [0.2, 0.25) is 0 Å². The summed E-state index contributed by atoms with van der Waals surface area (Å²) >= 11 is 0. The first kappa shape index (κ1) is 14.7. The second-order valence-corrected chi connectivity index (χ2v) is 4.13. The van der Waals surface area contributed by atoms with Gasteiger partial charge in [0.25, 0.3) is 0 Å². The van der Waals surface area contributed by atoms with Gasteiger partial charge in [0, 0.05) is 11.6 Å². The van der Waals surface area contributed by atoms with Crippen LogP contribution >= 0.6 is 0 Å². The standard InChI is InChI=1S/C10H13O4.Na/c1-10(2)5-6(11)4-7(12)8(10)9(13)14-3;/h4,8H,5H2,1-3H3;/q-1;+1. The third kappa shape index (κ3) is 3.06. The molecule has 0 aromatic rings. The van der Waals surface area contributed by atoms with Gasteiger partial charge in [0.1, 0.15) is 0 Å². The first-order chi connectivity index (χ1) is 6.38. The summed E-state index contributed by atoms with van der Waals surface area (Å²) in [4.78, 5) is 33.9. The topological polar surface area (TPSA) is 60.4 Å². The zero-order valence-corrected chi connectivity index (χ0v) is 11.5. The number of ether oxygens (including phenoxy) is 1. The molecule has 1 aliphatic carbocycles. The first-order valence-electron chi connectivity index (χ1n) is 4.38. The predicted molar refractivity (Wildman–Crippen MR) is 48.2 cm³/mol. The fourth-order valence-corrected chi connectivity index (χ4v) is 1.78. The van der Waals surface area contributed by atoms with E-state index in [9.17, 15) is 14.4 Å². The van der Waals surface area contributed by atoms with E-state index in [-0.39, 0.29) is 41.8 Å². The van der Waals surface area contributed by atoms with E-state index in [1.165, 1.54) is 7.11 Å². The van der Waals surface area contributed by atoms with Crippen LogP contribution in [0.1, 0.15) is 20.3 Å². The Labute approximate surface area is 111 Å². The number of carbonyl (C=O) groups is 3.